The highest BCUT2D eigenvalue weighted by molar-refractivity contribution is 7.91. The summed E-state index contributed by atoms with van der Waals surface area (Å²) in [7, 11) is -2.34. The standard InChI is InChI=1S/C33H34N2O9S/c1-22-29(32(36)42-3)31(26-10-7-11-27(20-26)35(38)39)30(23(2)34-22)33(37)44-17-16-24-12-14-28(15-13-24)45(40,41)19-18-43-21-25-8-5-4-6-9-25/h4-15,20,31,34H,16-19,21H2,1-3H3. The number of nitro groups is 1. The number of nitro benzene ring substituents is 1. The van der Waals surface area contributed by atoms with Gasteiger partial charge in [-0.1, -0.05) is 54.6 Å². The summed E-state index contributed by atoms with van der Waals surface area (Å²) >= 11 is 0. The molecule has 1 heterocycles. The van der Waals surface area contributed by atoms with E-state index >= 15 is 0 Å². The molecule has 0 aromatic heterocycles. The molecule has 236 valence electrons. The lowest BCUT2D eigenvalue weighted by Crippen LogP contribution is -2.32. The molecular weight excluding hydrogens is 600 g/mol. The van der Waals surface area contributed by atoms with Crippen molar-refractivity contribution in [2.45, 2.75) is 37.7 Å². The van der Waals surface area contributed by atoms with Crippen LogP contribution in [0.15, 0.2) is 106 Å². The molecule has 1 aliphatic heterocycles. The topological polar surface area (TPSA) is 151 Å². The van der Waals surface area contributed by atoms with Crippen molar-refractivity contribution in [3.05, 3.63) is 128 Å². The Labute approximate surface area is 261 Å². The number of esters is 2. The molecule has 0 saturated heterocycles. The summed E-state index contributed by atoms with van der Waals surface area (Å²) in [5.41, 5.74) is 3.02. The van der Waals surface area contributed by atoms with E-state index in [9.17, 15) is 28.1 Å². The number of rotatable bonds is 13. The van der Waals surface area contributed by atoms with Crippen LogP contribution in [0.2, 0.25) is 0 Å². The van der Waals surface area contributed by atoms with E-state index in [4.69, 9.17) is 14.2 Å². The van der Waals surface area contributed by atoms with E-state index in [-0.39, 0.29) is 40.7 Å². The van der Waals surface area contributed by atoms with Crippen LogP contribution in [0.25, 0.3) is 0 Å². The number of carbonyl (C=O) groups excluding carboxylic acids is 2. The Morgan fingerprint density at radius 3 is 2.18 bits per heavy atom. The van der Waals surface area contributed by atoms with Gasteiger partial charge in [0.1, 0.15) is 0 Å². The molecule has 3 aromatic carbocycles. The first-order valence-corrected chi connectivity index (χ1v) is 15.8. The van der Waals surface area contributed by atoms with Crippen molar-refractivity contribution in [3.8, 4) is 0 Å². The number of sulfone groups is 1. The fourth-order valence-electron chi connectivity index (χ4n) is 5.05. The molecule has 0 aliphatic carbocycles. The van der Waals surface area contributed by atoms with E-state index in [1.54, 1.807) is 32.0 Å². The molecule has 45 heavy (non-hydrogen) atoms. The Morgan fingerprint density at radius 2 is 1.53 bits per heavy atom. The SMILES string of the molecule is COC(=O)C1=C(C)NC(C)=C(C(=O)OCCc2ccc(S(=O)(=O)CCOCc3ccccc3)cc2)C1c1cccc([N+](=O)[O-])c1. The van der Waals surface area contributed by atoms with Crippen molar-refractivity contribution >= 4 is 27.5 Å². The second-order valence-corrected chi connectivity index (χ2v) is 12.5. The van der Waals surface area contributed by atoms with Gasteiger partial charge in [0.05, 0.1) is 59.6 Å². The zero-order valence-electron chi connectivity index (χ0n) is 25.1. The van der Waals surface area contributed by atoms with Crippen LogP contribution < -0.4 is 5.32 Å². The lowest BCUT2D eigenvalue weighted by molar-refractivity contribution is -0.384. The van der Waals surface area contributed by atoms with Crippen molar-refractivity contribution in [1.29, 1.82) is 0 Å². The van der Waals surface area contributed by atoms with Crippen molar-refractivity contribution < 1.29 is 37.1 Å². The molecule has 12 heteroatoms. The maximum Gasteiger partial charge on any atom is 0.336 e. The van der Waals surface area contributed by atoms with Gasteiger partial charge >= 0.3 is 11.9 Å². The summed E-state index contributed by atoms with van der Waals surface area (Å²) in [5.74, 6) is -2.52. The van der Waals surface area contributed by atoms with Gasteiger partial charge in [-0.3, -0.25) is 10.1 Å². The number of nitrogens with one attached hydrogen (secondary N) is 1. The molecule has 1 unspecified atom stereocenters. The molecule has 0 spiro atoms. The molecule has 0 bridgehead atoms. The lowest BCUT2D eigenvalue weighted by atomic mass is 9.80. The molecule has 4 rings (SSSR count). The van der Waals surface area contributed by atoms with Gasteiger partial charge in [0, 0.05) is 29.9 Å². The number of non-ortho nitro benzene ring substituents is 1. The van der Waals surface area contributed by atoms with Gasteiger partial charge in [0.25, 0.3) is 5.69 Å². The Balaban J connectivity index is 1.41. The van der Waals surface area contributed by atoms with Gasteiger partial charge in [0.15, 0.2) is 9.84 Å². The van der Waals surface area contributed by atoms with Crippen LogP contribution in [0, 0.1) is 10.1 Å². The van der Waals surface area contributed by atoms with Crippen molar-refractivity contribution in [1.82, 2.24) is 5.32 Å². The summed E-state index contributed by atoms with van der Waals surface area (Å²) in [6, 6.07) is 21.5. The number of ether oxygens (including phenoxy) is 3. The summed E-state index contributed by atoms with van der Waals surface area (Å²) in [4.78, 5) is 37.3. The fourth-order valence-corrected chi connectivity index (χ4v) is 6.17. The average molecular weight is 635 g/mol. The molecule has 3 aromatic rings. The van der Waals surface area contributed by atoms with Crippen LogP contribution in [0.1, 0.15) is 36.5 Å². The van der Waals surface area contributed by atoms with E-state index in [0.29, 0.717) is 30.0 Å². The number of nitrogens with zero attached hydrogens (tertiary/aromatic N) is 1. The smallest absolute Gasteiger partial charge is 0.336 e. The quantitative estimate of drug-likeness (QED) is 0.120. The molecule has 0 radical (unpaired) electrons. The Bertz CT molecular complexity index is 1730. The van der Waals surface area contributed by atoms with Crippen LogP contribution >= 0.6 is 0 Å². The Morgan fingerprint density at radius 1 is 0.867 bits per heavy atom. The van der Waals surface area contributed by atoms with Crippen molar-refractivity contribution in [2.24, 2.45) is 0 Å². The summed E-state index contributed by atoms with van der Waals surface area (Å²) in [5, 5.41) is 14.5. The molecule has 1 atom stereocenters. The van der Waals surface area contributed by atoms with Crippen LogP contribution in [0.3, 0.4) is 0 Å². The predicted molar refractivity (Wildman–Crippen MR) is 166 cm³/mol. The molecule has 0 amide bonds. The molecule has 0 saturated carbocycles. The van der Waals surface area contributed by atoms with Crippen molar-refractivity contribution in [2.75, 3.05) is 26.1 Å². The highest BCUT2D eigenvalue weighted by atomic mass is 32.2. The van der Waals surface area contributed by atoms with Crippen LogP contribution in [0.4, 0.5) is 5.69 Å². The zero-order chi connectivity index (χ0) is 32.6. The van der Waals surface area contributed by atoms with Gasteiger partial charge in [0.2, 0.25) is 0 Å². The zero-order valence-corrected chi connectivity index (χ0v) is 26.0. The molecular formula is C33H34N2O9S. The maximum absolute atomic E-state index is 13.4. The van der Waals surface area contributed by atoms with E-state index < -0.39 is 32.6 Å². The van der Waals surface area contributed by atoms with E-state index in [2.05, 4.69) is 5.32 Å². The number of methoxy groups -OCH3 is 1. The van der Waals surface area contributed by atoms with Gasteiger partial charge in [-0.05, 0) is 42.7 Å². The number of allylic oxidation sites excluding steroid dienone is 2. The maximum atomic E-state index is 13.4. The van der Waals surface area contributed by atoms with Gasteiger partial charge < -0.3 is 19.5 Å². The highest BCUT2D eigenvalue weighted by Gasteiger charge is 2.38. The molecule has 1 N–H and O–H groups in total. The number of benzene rings is 3. The van der Waals surface area contributed by atoms with E-state index in [1.807, 2.05) is 30.3 Å². The fraction of sp³-hybridized carbons (Fsp3) is 0.273. The third-order valence-electron chi connectivity index (χ3n) is 7.31. The minimum Gasteiger partial charge on any atom is -0.466 e. The average Bonchev–Trinajstić information content (AvgIpc) is 3.03. The number of carbonyl (C=O) groups is 2. The van der Waals surface area contributed by atoms with Gasteiger partial charge in [-0.15, -0.1) is 0 Å². The number of hydrogen-bond donors (Lipinski definition) is 1. The van der Waals surface area contributed by atoms with Gasteiger partial charge in [-0.25, -0.2) is 18.0 Å². The minimum atomic E-state index is -3.55. The molecule has 0 fully saturated rings. The van der Waals surface area contributed by atoms with Crippen LogP contribution in [-0.2, 0) is 46.7 Å². The molecule has 11 nitrogen and oxygen atoms in total. The Kier molecular flexibility index (Phi) is 10.9. The van der Waals surface area contributed by atoms with E-state index in [0.717, 1.165) is 11.1 Å². The largest absolute Gasteiger partial charge is 0.466 e. The highest BCUT2D eigenvalue weighted by Crippen LogP contribution is 2.40. The summed E-state index contributed by atoms with van der Waals surface area (Å²) in [6.45, 7) is 3.66. The lowest BCUT2D eigenvalue weighted by Gasteiger charge is -2.30. The third kappa shape index (κ3) is 8.22. The van der Waals surface area contributed by atoms with Crippen molar-refractivity contribution in [3.63, 3.8) is 0 Å². The van der Waals surface area contributed by atoms with Crippen LogP contribution in [-0.4, -0.2) is 51.4 Å². The summed E-state index contributed by atoms with van der Waals surface area (Å²) < 4.78 is 41.6. The first-order chi connectivity index (χ1) is 21.5. The number of hydrogen-bond acceptors (Lipinski definition) is 10. The van der Waals surface area contributed by atoms with Crippen LogP contribution in [0.5, 0.6) is 0 Å². The van der Waals surface area contributed by atoms with E-state index in [1.165, 1.54) is 37.4 Å². The second kappa shape index (κ2) is 14.8. The monoisotopic (exact) mass is 634 g/mol. The third-order valence-corrected chi connectivity index (χ3v) is 9.01. The number of dihydropyridines is 1. The Hall–Kier alpha value is -4.81. The summed E-state index contributed by atoms with van der Waals surface area (Å²) in [6.07, 6.45) is 0.298. The first-order valence-electron chi connectivity index (χ1n) is 14.1. The second-order valence-electron chi connectivity index (χ2n) is 10.4. The molecule has 1 aliphatic rings. The predicted octanol–water partition coefficient (Wildman–Crippen LogP) is 4.78. The minimum absolute atomic E-state index is 0.0348. The first kappa shape index (κ1) is 33.1. The normalized spacial score (nSPS) is 15.0. The van der Waals surface area contributed by atoms with Gasteiger partial charge in [-0.2, -0.15) is 0 Å².